The maximum absolute atomic E-state index is 5.70. The van der Waals surface area contributed by atoms with E-state index in [9.17, 15) is 0 Å². The molecule has 0 saturated heterocycles. The largest absolute Gasteiger partial charge is 0.122 e. The van der Waals surface area contributed by atoms with Crippen molar-refractivity contribution in [2.45, 2.75) is 31.0 Å². The molecule has 0 radical (unpaired) electrons. The van der Waals surface area contributed by atoms with E-state index in [0.717, 1.165) is 16.5 Å². The van der Waals surface area contributed by atoms with E-state index in [1.807, 2.05) is 18.2 Å². The van der Waals surface area contributed by atoms with Gasteiger partial charge in [0.1, 0.15) is 0 Å². The number of rotatable bonds is 3. The SMILES string of the molecule is CC(Br)c1ccccc1.CCc1ccc(CCl)c(Br)c1. The van der Waals surface area contributed by atoms with Crippen molar-refractivity contribution in [1.29, 1.82) is 0 Å². The summed E-state index contributed by atoms with van der Waals surface area (Å²) in [6.07, 6.45) is 1.07. The zero-order chi connectivity index (χ0) is 15.0. The third-order valence-electron chi connectivity index (χ3n) is 2.93. The van der Waals surface area contributed by atoms with Crippen LogP contribution >= 0.6 is 43.5 Å². The first-order valence-corrected chi connectivity index (χ1v) is 8.85. The molecular weight excluding hydrogens is 399 g/mol. The second-order valence-electron chi connectivity index (χ2n) is 4.44. The monoisotopic (exact) mass is 416 g/mol. The predicted octanol–water partition coefficient (Wildman–Crippen LogP) is 6.89. The van der Waals surface area contributed by atoms with Crippen LogP contribution in [0.25, 0.3) is 0 Å². The molecule has 0 N–H and O–H groups in total. The summed E-state index contributed by atoms with van der Waals surface area (Å²) in [5.74, 6) is 0.574. The Bertz CT molecular complexity index is 510. The summed E-state index contributed by atoms with van der Waals surface area (Å²) in [6.45, 7) is 4.26. The molecule has 0 saturated carbocycles. The van der Waals surface area contributed by atoms with Crippen LogP contribution in [0.4, 0.5) is 0 Å². The highest BCUT2D eigenvalue weighted by atomic mass is 79.9. The summed E-state index contributed by atoms with van der Waals surface area (Å²) in [5, 5.41) is 0. The van der Waals surface area contributed by atoms with Gasteiger partial charge in [-0.25, -0.2) is 0 Å². The van der Waals surface area contributed by atoms with E-state index >= 15 is 0 Å². The lowest BCUT2D eigenvalue weighted by Gasteiger charge is -2.01. The molecule has 3 heteroatoms. The maximum Gasteiger partial charge on any atom is 0.0485 e. The van der Waals surface area contributed by atoms with Gasteiger partial charge in [0.15, 0.2) is 0 Å². The van der Waals surface area contributed by atoms with Crippen LogP contribution in [-0.2, 0) is 12.3 Å². The Labute approximate surface area is 143 Å². The van der Waals surface area contributed by atoms with Gasteiger partial charge >= 0.3 is 0 Å². The highest BCUT2D eigenvalue weighted by Gasteiger charge is 1.98. The van der Waals surface area contributed by atoms with Crippen LogP contribution in [0.15, 0.2) is 53.0 Å². The van der Waals surface area contributed by atoms with Crippen molar-refractivity contribution in [3.8, 4) is 0 Å². The minimum Gasteiger partial charge on any atom is -0.122 e. The van der Waals surface area contributed by atoms with Gasteiger partial charge in [-0.15, -0.1) is 11.6 Å². The Morgan fingerprint density at radius 2 is 1.75 bits per heavy atom. The second kappa shape index (κ2) is 9.59. The third-order valence-corrected chi connectivity index (χ3v) is 4.48. The van der Waals surface area contributed by atoms with Gasteiger partial charge in [-0.2, -0.15) is 0 Å². The summed E-state index contributed by atoms with van der Waals surface area (Å²) in [6, 6.07) is 16.6. The highest BCUT2D eigenvalue weighted by Crippen LogP contribution is 2.20. The van der Waals surface area contributed by atoms with Crippen LogP contribution < -0.4 is 0 Å². The molecule has 0 aliphatic rings. The van der Waals surface area contributed by atoms with Gasteiger partial charge in [-0.05, 0) is 36.1 Å². The summed E-state index contributed by atoms with van der Waals surface area (Å²) in [7, 11) is 0. The molecule has 2 aromatic carbocycles. The summed E-state index contributed by atoms with van der Waals surface area (Å²) in [5.41, 5.74) is 3.83. The molecule has 0 aliphatic carbocycles. The van der Waals surface area contributed by atoms with Crippen molar-refractivity contribution >= 4 is 43.5 Å². The zero-order valence-electron chi connectivity index (χ0n) is 11.7. The summed E-state index contributed by atoms with van der Waals surface area (Å²) < 4.78 is 1.12. The molecule has 2 aromatic rings. The van der Waals surface area contributed by atoms with E-state index < -0.39 is 0 Å². The van der Waals surface area contributed by atoms with E-state index in [2.05, 4.69) is 76.0 Å². The van der Waals surface area contributed by atoms with E-state index in [1.54, 1.807) is 0 Å². The maximum atomic E-state index is 5.70. The number of aryl methyl sites for hydroxylation is 1. The molecule has 0 nitrogen and oxygen atoms in total. The predicted molar refractivity (Wildman–Crippen MR) is 96.9 cm³/mol. The molecule has 2 rings (SSSR count). The number of benzene rings is 2. The van der Waals surface area contributed by atoms with Gasteiger partial charge in [-0.3, -0.25) is 0 Å². The van der Waals surface area contributed by atoms with E-state index in [-0.39, 0.29) is 0 Å². The van der Waals surface area contributed by atoms with Crippen LogP contribution in [-0.4, -0.2) is 0 Å². The lowest BCUT2D eigenvalue weighted by atomic mass is 10.1. The fourth-order valence-electron chi connectivity index (χ4n) is 1.64. The van der Waals surface area contributed by atoms with Crippen LogP contribution in [0.5, 0.6) is 0 Å². The van der Waals surface area contributed by atoms with Crippen LogP contribution in [0.3, 0.4) is 0 Å². The molecule has 0 amide bonds. The average molecular weight is 419 g/mol. The van der Waals surface area contributed by atoms with Crippen molar-refractivity contribution in [1.82, 2.24) is 0 Å². The van der Waals surface area contributed by atoms with Crippen molar-refractivity contribution < 1.29 is 0 Å². The number of hydrogen-bond donors (Lipinski definition) is 0. The minimum atomic E-state index is 0.471. The fraction of sp³-hybridized carbons (Fsp3) is 0.294. The van der Waals surface area contributed by atoms with Gasteiger partial charge < -0.3 is 0 Å². The van der Waals surface area contributed by atoms with Gasteiger partial charge in [0, 0.05) is 15.2 Å². The minimum absolute atomic E-state index is 0.471. The highest BCUT2D eigenvalue weighted by molar-refractivity contribution is 9.10. The smallest absolute Gasteiger partial charge is 0.0485 e. The van der Waals surface area contributed by atoms with Crippen molar-refractivity contribution in [3.05, 3.63) is 69.7 Å². The molecule has 1 unspecified atom stereocenters. The first-order chi connectivity index (χ1) is 9.58. The van der Waals surface area contributed by atoms with Crippen LogP contribution in [0.2, 0.25) is 0 Å². The lowest BCUT2D eigenvalue weighted by molar-refractivity contribution is 1.12. The summed E-state index contributed by atoms with van der Waals surface area (Å²) >= 11 is 12.6. The topological polar surface area (TPSA) is 0 Å². The van der Waals surface area contributed by atoms with Crippen molar-refractivity contribution in [2.75, 3.05) is 0 Å². The summed E-state index contributed by atoms with van der Waals surface area (Å²) in [4.78, 5) is 0.471. The normalized spacial score (nSPS) is 11.4. The van der Waals surface area contributed by atoms with Gasteiger partial charge in [0.2, 0.25) is 0 Å². The first-order valence-electron chi connectivity index (χ1n) is 6.60. The standard InChI is InChI=1S/C9H10BrCl.C8H9Br/c1-2-7-3-4-8(6-11)9(10)5-7;1-7(9)8-5-3-2-4-6-8/h3-5H,2,6H2,1H3;2-7H,1H3. The molecule has 108 valence electrons. The molecule has 0 aromatic heterocycles. The molecular formula is C17H19Br2Cl. The first kappa shape index (κ1) is 17.7. The van der Waals surface area contributed by atoms with Gasteiger partial charge in [0.05, 0.1) is 0 Å². The average Bonchev–Trinajstić information content (AvgIpc) is 2.48. The number of halogens is 3. The molecule has 0 aliphatic heterocycles. The van der Waals surface area contributed by atoms with Crippen LogP contribution in [0, 0.1) is 0 Å². The molecule has 20 heavy (non-hydrogen) atoms. The van der Waals surface area contributed by atoms with Gasteiger partial charge in [-0.1, -0.05) is 81.2 Å². The quantitative estimate of drug-likeness (QED) is 0.476. The van der Waals surface area contributed by atoms with E-state index in [1.165, 1.54) is 11.1 Å². The van der Waals surface area contributed by atoms with E-state index in [4.69, 9.17) is 11.6 Å². The Kier molecular flexibility index (Phi) is 8.51. The Balaban J connectivity index is 0.000000204. The zero-order valence-corrected chi connectivity index (χ0v) is 15.7. The third kappa shape index (κ3) is 5.99. The molecule has 0 bridgehead atoms. The molecule has 0 fully saturated rings. The Morgan fingerprint density at radius 1 is 1.10 bits per heavy atom. The van der Waals surface area contributed by atoms with Crippen molar-refractivity contribution in [3.63, 3.8) is 0 Å². The Hall–Kier alpha value is -0.310. The Morgan fingerprint density at radius 3 is 2.15 bits per heavy atom. The fourth-order valence-corrected chi connectivity index (χ4v) is 2.90. The second-order valence-corrected chi connectivity index (χ2v) is 6.93. The molecule has 0 heterocycles. The number of alkyl halides is 2. The van der Waals surface area contributed by atoms with Gasteiger partial charge in [0.25, 0.3) is 0 Å². The lowest BCUT2D eigenvalue weighted by Crippen LogP contribution is -1.84. The van der Waals surface area contributed by atoms with E-state index in [0.29, 0.717) is 10.7 Å². The number of hydrogen-bond acceptors (Lipinski definition) is 0. The van der Waals surface area contributed by atoms with Crippen molar-refractivity contribution in [2.24, 2.45) is 0 Å². The molecule has 1 atom stereocenters. The molecule has 0 spiro atoms. The van der Waals surface area contributed by atoms with Crippen LogP contribution in [0.1, 0.15) is 35.4 Å².